The molecule has 0 fully saturated rings. The summed E-state index contributed by atoms with van der Waals surface area (Å²) in [5.74, 6) is -0.808. The molecular weight excluding hydrogens is 484 g/mol. The van der Waals surface area contributed by atoms with Gasteiger partial charge in [-0.3, -0.25) is 14.5 Å². The van der Waals surface area contributed by atoms with Crippen molar-refractivity contribution in [3.8, 4) is 11.1 Å². The molecule has 0 aliphatic carbocycles. The monoisotopic (exact) mass is 512 g/mol. The van der Waals surface area contributed by atoms with E-state index in [-0.39, 0.29) is 11.3 Å². The third-order valence-corrected chi connectivity index (χ3v) is 7.36. The van der Waals surface area contributed by atoms with Gasteiger partial charge < -0.3 is 5.11 Å². The molecule has 4 rings (SSSR count). The Morgan fingerprint density at radius 1 is 0.919 bits per heavy atom. The van der Waals surface area contributed by atoms with Crippen LogP contribution in [0.25, 0.3) is 16.7 Å². The number of carboxylic acid groups (broad SMARTS) is 1. The van der Waals surface area contributed by atoms with Crippen molar-refractivity contribution >= 4 is 27.3 Å². The molecule has 4 aromatic rings. The van der Waals surface area contributed by atoms with E-state index in [4.69, 9.17) is 5.11 Å². The third kappa shape index (κ3) is 6.71. The molecule has 188 valence electrons. The van der Waals surface area contributed by atoms with E-state index in [9.17, 15) is 13.2 Å². The highest BCUT2D eigenvalue weighted by molar-refractivity contribution is 7.92. The van der Waals surface area contributed by atoms with Crippen molar-refractivity contribution in [2.45, 2.75) is 31.1 Å². The lowest BCUT2D eigenvalue weighted by Gasteiger charge is -2.12. The summed E-state index contributed by atoms with van der Waals surface area (Å²) in [6.07, 6.45) is 6.84. The van der Waals surface area contributed by atoms with Gasteiger partial charge in [-0.15, -0.1) is 0 Å². The van der Waals surface area contributed by atoms with Crippen LogP contribution in [0.15, 0.2) is 108 Å². The molecule has 3 aromatic carbocycles. The number of carboxylic acids is 1. The standard InChI is InChI=1S/C30H28N2O4S/c1-22-8-2-4-13-29(22)32-37(35,36)27-17-15-23(16-18-27)24-9-6-10-25(20-24)28(12-3-5-14-30(33)34)26-11-7-19-31-21-26/h2,4,6-13,15-21,32H,3,5,14H2,1H3,(H,33,34)/b28-12+. The van der Waals surface area contributed by atoms with Crippen LogP contribution in [0.4, 0.5) is 5.69 Å². The van der Waals surface area contributed by atoms with Gasteiger partial charge in [-0.25, -0.2) is 8.42 Å². The number of sulfonamides is 1. The smallest absolute Gasteiger partial charge is 0.303 e. The number of pyridine rings is 1. The van der Waals surface area contributed by atoms with Gasteiger partial charge in [0, 0.05) is 24.4 Å². The van der Waals surface area contributed by atoms with Gasteiger partial charge in [0.25, 0.3) is 10.0 Å². The van der Waals surface area contributed by atoms with Gasteiger partial charge in [0.15, 0.2) is 0 Å². The summed E-state index contributed by atoms with van der Waals surface area (Å²) < 4.78 is 28.5. The molecule has 0 saturated carbocycles. The highest BCUT2D eigenvalue weighted by Gasteiger charge is 2.15. The molecule has 2 N–H and O–H groups in total. The Kier molecular flexibility index (Phi) is 8.15. The Morgan fingerprint density at radius 2 is 1.68 bits per heavy atom. The summed E-state index contributed by atoms with van der Waals surface area (Å²) in [4.78, 5) is 15.3. The van der Waals surface area contributed by atoms with Gasteiger partial charge in [-0.1, -0.05) is 60.7 Å². The average Bonchev–Trinajstić information content (AvgIpc) is 2.90. The van der Waals surface area contributed by atoms with Crippen molar-refractivity contribution in [3.05, 3.63) is 120 Å². The lowest BCUT2D eigenvalue weighted by molar-refractivity contribution is -0.137. The maximum absolute atomic E-state index is 12.9. The summed E-state index contributed by atoms with van der Waals surface area (Å²) in [7, 11) is -3.72. The number of aromatic nitrogens is 1. The third-order valence-electron chi connectivity index (χ3n) is 5.98. The lowest BCUT2D eigenvalue weighted by Crippen LogP contribution is -2.13. The van der Waals surface area contributed by atoms with E-state index in [1.807, 2.05) is 61.5 Å². The molecule has 0 aliphatic heterocycles. The molecule has 0 saturated heterocycles. The van der Waals surface area contributed by atoms with Crippen LogP contribution in [0.3, 0.4) is 0 Å². The van der Waals surface area contributed by atoms with E-state index < -0.39 is 16.0 Å². The van der Waals surface area contributed by atoms with E-state index in [1.54, 1.807) is 48.8 Å². The minimum Gasteiger partial charge on any atom is -0.481 e. The minimum absolute atomic E-state index is 0.116. The number of rotatable bonds is 10. The first-order valence-corrected chi connectivity index (χ1v) is 13.4. The first-order chi connectivity index (χ1) is 17.8. The molecule has 6 nitrogen and oxygen atoms in total. The van der Waals surface area contributed by atoms with E-state index >= 15 is 0 Å². The van der Waals surface area contributed by atoms with Gasteiger partial charge in [-0.2, -0.15) is 0 Å². The largest absolute Gasteiger partial charge is 0.481 e. The van der Waals surface area contributed by atoms with Crippen molar-refractivity contribution < 1.29 is 18.3 Å². The van der Waals surface area contributed by atoms with E-state index in [0.717, 1.165) is 33.4 Å². The van der Waals surface area contributed by atoms with Gasteiger partial charge >= 0.3 is 5.97 Å². The van der Waals surface area contributed by atoms with Gasteiger partial charge in [0.1, 0.15) is 0 Å². The van der Waals surface area contributed by atoms with Crippen molar-refractivity contribution in [1.82, 2.24) is 4.98 Å². The number of carbonyl (C=O) groups is 1. The summed E-state index contributed by atoms with van der Waals surface area (Å²) in [6.45, 7) is 1.86. The highest BCUT2D eigenvalue weighted by atomic mass is 32.2. The number of para-hydroxylation sites is 1. The molecule has 0 bridgehead atoms. The zero-order valence-electron chi connectivity index (χ0n) is 20.5. The van der Waals surface area contributed by atoms with Crippen LogP contribution in [0, 0.1) is 6.92 Å². The predicted octanol–water partition coefficient (Wildman–Crippen LogP) is 6.54. The molecule has 7 heteroatoms. The number of benzene rings is 3. The second kappa shape index (κ2) is 11.7. The van der Waals surface area contributed by atoms with Crippen LogP contribution < -0.4 is 4.72 Å². The Bertz CT molecular complexity index is 1510. The molecule has 0 amide bonds. The topological polar surface area (TPSA) is 96.4 Å². The van der Waals surface area contributed by atoms with Crippen LogP contribution in [0.5, 0.6) is 0 Å². The van der Waals surface area contributed by atoms with Crippen molar-refractivity contribution in [2.75, 3.05) is 4.72 Å². The van der Waals surface area contributed by atoms with Crippen LogP contribution >= 0.6 is 0 Å². The van der Waals surface area contributed by atoms with E-state index in [0.29, 0.717) is 18.5 Å². The van der Waals surface area contributed by atoms with Gasteiger partial charge in [-0.05, 0) is 77.9 Å². The molecule has 0 spiro atoms. The second-order valence-corrected chi connectivity index (χ2v) is 10.4. The van der Waals surface area contributed by atoms with Crippen LogP contribution in [0.1, 0.15) is 36.0 Å². The Hall–Kier alpha value is -4.23. The number of nitrogens with zero attached hydrogens (tertiary/aromatic N) is 1. The normalized spacial score (nSPS) is 11.8. The number of aliphatic carboxylic acids is 1. The van der Waals surface area contributed by atoms with Gasteiger partial charge in [0.2, 0.25) is 0 Å². The van der Waals surface area contributed by atoms with Gasteiger partial charge in [0.05, 0.1) is 10.6 Å². The highest BCUT2D eigenvalue weighted by Crippen LogP contribution is 2.29. The zero-order chi connectivity index (χ0) is 26.3. The zero-order valence-corrected chi connectivity index (χ0v) is 21.3. The fourth-order valence-electron chi connectivity index (χ4n) is 4.01. The first-order valence-electron chi connectivity index (χ1n) is 12.0. The molecule has 0 aliphatic rings. The van der Waals surface area contributed by atoms with Crippen molar-refractivity contribution in [2.24, 2.45) is 0 Å². The fourth-order valence-corrected chi connectivity index (χ4v) is 5.14. The van der Waals surface area contributed by atoms with E-state index in [1.165, 1.54) is 0 Å². The summed E-state index contributed by atoms with van der Waals surface area (Å²) >= 11 is 0. The number of anilines is 1. The maximum atomic E-state index is 12.9. The lowest BCUT2D eigenvalue weighted by atomic mass is 9.94. The first kappa shape index (κ1) is 25.9. The number of unbranched alkanes of at least 4 members (excludes halogenated alkanes) is 1. The van der Waals surface area contributed by atoms with Crippen molar-refractivity contribution in [1.29, 1.82) is 0 Å². The molecule has 1 heterocycles. The van der Waals surface area contributed by atoms with E-state index in [2.05, 4.69) is 9.71 Å². The number of hydrogen-bond acceptors (Lipinski definition) is 4. The Balaban J connectivity index is 1.60. The van der Waals surface area contributed by atoms with Crippen molar-refractivity contribution in [3.63, 3.8) is 0 Å². The van der Waals surface area contributed by atoms with Crippen LogP contribution in [0.2, 0.25) is 0 Å². The number of hydrogen-bond donors (Lipinski definition) is 2. The molecule has 0 radical (unpaired) electrons. The SMILES string of the molecule is Cc1ccccc1NS(=O)(=O)c1ccc(-c2cccc(/C(=C\CCCC(=O)O)c3cccnc3)c2)cc1. The van der Waals surface area contributed by atoms with Crippen LogP contribution in [-0.4, -0.2) is 24.5 Å². The molecule has 1 aromatic heterocycles. The summed E-state index contributed by atoms with van der Waals surface area (Å²) in [5.41, 5.74) is 6.11. The fraction of sp³-hybridized carbons (Fsp3) is 0.133. The molecular formula is C30H28N2O4S. The predicted molar refractivity (Wildman–Crippen MR) is 147 cm³/mol. The number of nitrogens with one attached hydrogen (secondary N) is 1. The number of allylic oxidation sites excluding steroid dienone is 1. The molecule has 0 unspecified atom stereocenters. The van der Waals surface area contributed by atoms with Crippen LogP contribution in [-0.2, 0) is 14.8 Å². The Labute approximate surface area is 217 Å². The molecule has 37 heavy (non-hydrogen) atoms. The number of aryl methyl sites for hydroxylation is 1. The second-order valence-electron chi connectivity index (χ2n) is 8.67. The maximum Gasteiger partial charge on any atom is 0.303 e. The Morgan fingerprint density at radius 3 is 2.38 bits per heavy atom. The quantitative estimate of drug-likeness (QED) is 0.235. The summed E-state index contributed by atoms with van der Waals surface area (Å²) in [5, 5.41) is 8.96. The average molecular weight is 513 g/mol. The molecule has 0 atom stereocenters. The summed E-state index contributed by atoms with van der Waals surface area (Å²) in [6, 6.07) is 25.9. The minimum atomic E-state index is -3.72.